The highest BCUT2D eigenvalue weighted by atomic mass is 35.5. The van der Waals surface area contributed by atoms with E-state index in [1.165, 1.54) is 6.07 Å². The number of nitrogens with one attached hydrogen (secondary N) is 2. The zero-order valence-electron chi connectivity index (χ0n) is 16.6. The van der Waals surface area contributed by atoms with Crippen molar-refractivity contribution in [3.63, 3.8) is 0 Å². The van der Waals surface area contributed by atoms with E-state index in [2.05, 4.69) is 20.5 Å². The quantitative estimate of drug-likeness (QED) is 0.715. The standard InChI is InChI=1S/C21H23Cl2FN4O2/c1-25-21(6-8-28(9-7-21)20-15(23)10-13(22)11-26-20)12-30-17-4-3-16(24)19-14(17)2-5-18(29)27-19/h3-4,10-11,25H,2,5-9,12H2,1H3,(H,27,29). The third kappa shape index (κ3) is 4.19. The first-order valence-electron chi connectivity index (χ1n) is 9.90. The van der Waals surface area contributed by atoms with Gasteiger partial charge in [-0.3, -0.25) is 4.79 Å². The Morgan fingerprint density at radius 3 is 2.77 bits per heavy atom. The minimum absolute atomic E-state index is 0.174. The van der Waals surface area contributed by atoms with E-state index in [1.807, 2.05) is 7.05 Å². The molecule has 0 spiro atoms. The van der Waals surface area contributed by atoms with Crippen molar-refractivity contribution in [2.24, 2.45) is 0 Å². The van der Waals surface area contributed by atoms with E-state index < -0.39 is 5.82 Å². The number of fused-ring (bicyclic) bond motifs is 1. The molecule has 0 unspecified atom stereocenters. The maximum atomic E-state index is 14.1. The van der Waals surface area contributed by atoms with Crippen LogP contribution in [0.1, 0.15) is 24.8 Å². The highest BCUT2D eigenvalue weighted by Gasteiger charge is 2.35. The Morgan fingerprint density at radius 1 is 1.30 bits per heavy atom. The number of hydrogen-bond donors (Lipinski definition) is 2. The van der Waals surface area contributed by atoms with E-state index in [0.717, 1.165) is 37.3 Å². The largest absolute Gasteiger partial charge is 0.491 e. The third-order valence-electron chi connectivity index (χ3n) is 5.93. The van der Waals surface area contributed by atoms with Crippen LogP contribution >= 0.6 is 23.2 Å². The second-order valence-corrected chi connectivity index (χ2v) is 8.56. The van der Waals surface area contributed by atoms with Gasteiger partial charge in [0.25, 0.3) is 0 Å². The van der Waals surface area contributed by atoms with Crippen molar-refractivity contribution in [3.05, 3.63) is 45.8 Å². The van der Waals surface area contributed by atoms with Gasteiger partial charge < -0.3 is 20.3 Å². The van der Waals surface area contributed by atoms with Gasteiger partial charge in [-0.2, -0.15) is 0 Å². The SMILES string of the molecule is CNC1(COc2ccc(F)c3c2CCC(=O)N3)CCN(c2ncc(Cl)cc2Cl)CC1. The number of ether oxygens (including phenoxy) is 1. The predicted molar refractivity (Wildman–Crippen MR) is 116 cm³/mol. The van der Waals surface area contributed by atoms with E-state index in [1.54, 1.807) is 18.3 Å². The molecule has 1 aromatic heterocycles. The van der Waals surface area contributed by atoms with Crippen LogP contribution in [0.2, 0.25) is 10.0 Å². The van der Waals surface area contributed by atoms with Gasteiger partial charge in [0.1, 0.15) is 24.0 Å². The summed E-state index contributed by atoms with van der Waals surface area (Å²) in [7, 11) is 1.92. The molecule has 9 heteroatoms. The zero-order valence-corrected chi connectivity index (χ0v) is 18.1. The number of amides is 1. The number of piperidine rings is 1. The van der Waals surface area contributed by atoms with Gasteiger partial charge in [-0.15, -0.1) is 0 Å². The van der Waals surface area contributed by atoms with E-state index in [0.29, 0.717) is 35.2 Å². The summed E-state index contributed by atoms with van der Waals surface area (Å²) in [4.78, 5) is 18.1. The molecule has 0 saturated carbocycles. The van der Waals surface area contributed by atoms with Crippen LogP contribution in [0.4, 0.5) is 15.9 Å². The Kier molecular flexibility index (Phi) is 6.04. The summed E-state index contributed by atoms with van der Waals surface area (Å²) >= 11 is 12.3. The number of halogens is 3. The van der Waals surface area contributed by atoms with Gasteiger partial charge in [-0.05, 0) is 44.5 Å². The molecule has 0 bridgehead atoms. The first kappa shape index (κ1) is 21.2. The van der Waals surface area contributed by atoms with Crippen LogP contribution in [0.3, 0.4) is 0 Å². The van der Waals surface area contributed by atoms with Crippen molar-refractivity contribution in [2.45, 2.75) is 31.2 Å². The Morgan fingerprint density at radius 2 is 2.07 bits per heavy atom. The number of anilines is 2. The molecule has 0 radical (unpaired) electrons. The average Bonchev–Trinajstić information content (AvgIpc) is 2.74. The molecule has 30 heavy (non-hydrogen) atoms. The van der Waals surface area contributed by atoms with Gasteiger partial charge in [-0.1, -0.05) is 23.2 Å². The molecule has 2 aromatic rings. The van der Waals surface area contributed by atoms with Crippen LogP contribution in [-0.4, -0.2) is 43.2 Å². The summed E-state index contributed by atoms with van der Waals surface area (Å²) in [6.45, 7) is 1.96. The molecule has 160 valence electrons. The Hall–Kier alpha value is -2.09. The lowest BCUT2D eigenvalue weighted by Gasteiger charge is -2.42. The molecule has 2 N–H and O–H groups in total. The van der Waals surface area contributed by atoms with Crippen molar-refractivity contribution >= 4 is 40.6 Å². The molecule has 2 aliphatic heterocycles. The van der Waals surface area contributed by atoms with E-state index in [9.17, 15) is 9.18 Å². The van der Waals surface area contributed by atoms with Gasteiger partial charge >= 0.3 is 0 Å². The summed E-state index contributed by atoms with van der Waals surface area (Å²) < 4.78 is 20.3. The van der Waals surface area contributed by atoms with Crippen LogP contribution in [0, 0.1) is 5.82 Å². The molecule has 2 aliphatic rings. The van der Waals surface area contributed by atoms with Crippen molar-refractivity contribution in [3.8, 4) is 5.75 Å². The Bertz CT molecular complexity index is 964. The van der Waals surface area contributed by atoms with Gasteiger partial charge in [-0.25, -0.2) is 9.37 Å². The minimum atomic E-state index is -0.436. The fourth-order valence-electron chi connectivity index (χ4n) is 4.03. The number of aromatic nitrogens is 1. The molecular weight excluding hydrogens is 430 g/mol. The number of benzene rings is 1. The van der Waals surface area contributed by atoms with Crippen molar-refractivity contribution < 1.29 is 13.9 Å². The lowest BCUT2D eigenvalue weighted by molar-refractivity contribution is -0.116. The smallest absolute Gasteiger partial charge is 0.224 e. The molecule has 0 aliphatic carbocycles. The predicted octanol–water partition coefficient (Wildman–Crippen LogP) is 4.05. The molecule has 1 aromatic carbocycles. The number of nitrogens with zero attached hydrogens (tertiary/aromatic N) is 2. The first-order chi connectivity index (χ1) is 14.4. The molecule has 0 atom stereocenters. The molecule has 1 saturated heterocycles. The van der Waals surface area contributed by atoms with E-state index in [4.69, 9.17) is 27.9 Å². The maximum Gasteiger partial charge on any atom is 0.224 e. The van der Waals surface area contributed by atoms with Crippen LogP contribution < -0.4 is 20.3 Å². The monoisotopic (exact) mass is 452 g/mol. The molecule has 3 heterocycles. The minimum Gasteiger partial charge on any atom is -0.491 e. The highest BCUT2D eigenvalue weighted by molar-refractivity contribution is 6.36. The summed E-state index contributed by atoms with van der Waals surface area (Å²) in [5.41, 5.74) is 0.727. The highest BCUT2D eigenvalue weighted by Crippen LogP contribution is 2.35. The fourth-order valence-corrected chi connectivity index (χ4v) is 4.53. The summed E-state index contributed by atoms with van der Waals surface area (Å²) in [6, 6.07) is 4.68. The van der Waals surface area contributed by atoms with Crippen LogP contribution in [0.5, 0.6) is 5.75 Å². The van der Waals surface area contributed by atoms with Gasteiger partial charge in [0.05, 0.1) is 21.3 Å². The Labute approximate surface area is 184 Å². The summed E-state index contributed by atoms with van der Waals surface area (Å²) in [5.74, 6) is 0.738. The normalized spacial score (nSPS) is 18.0. The van der Waals surface area contributed by atoms with Gasteiger partial charge in [0, 0.05) is 31.3 Å². The number of carbonyl (C=O) groups is 1. The summed E-state index contributed by atoms with van der Waals surface area (Å²) in [6.07, 6.45) is 4.04. The third-order valence-corrected chi connectivity index (χ3v) is 6.41. The molecular formula is C21H23Cl2FN4O2. The first-order valence-corrected chi connectivity index (χ1v) is 10.7. The van der Waals surface area contributed by atoms with Crippen molar-refractivity contribution in [2.75, 3.05) is 37.0 Å². The lowest BCUT2D eigenvalue weighted by atomic mass is 9.88. The van der Waals surface area contributed by atoms with Crippen molar-refractivity contribution in [1.82, 2.24) is 10.3 Å². The second kappa shape index (κ2) is 8.57. The second-order valence-electron chi connectivity index (χ2n) is 7.71. The van der Waals surface area contributed by atoms with Crippen LogP contribution in [-0.2, 0) is 11.2 Å². The van der Waals surface area contributed by atoms with E-state index in [-0.39, 0.29) is 17.1 Å². The number of hydrogen-bond acceptors (Lipinski definition) is 5. The number of rotatable bonds is 5. The Balaban J connectivity index is 1.45. The van der Waals surface area contributed by atoms with E-state index >= 15 is 0 Å². The maximum absolute atomic E-state index is 14.1. The van der Waals surface area contributed by atoms with Gasteiger partial charge in [0.2, 0.25) is 5.91 Å². The van der Waals surface area contributed by atoms with Crippen LogP contribution in [0.15, 0.2) is 24.4 Å². The zero-order chi connectivity index (χ0) is 21.3. The molecule has 1 amide bonds. The van der Waals surface area contributed by atoms with Crippen molar-refractivity contribution in [1.29, 1.82) is 0 Å². The molecule has 4 rings (SSSR count). The summed E-state index contributed by atoms with van der Waals surface area (Å²) in [5, 5.41) is 7.08. The lowest BCUT2D eigenvalue weighted by Crippen LogP contribution is -2.56. The number of pyridine rings is 1. The number of carbonyl (C=O) groups excluding carboxylic acids is 1. The average molecular weight is 453 g/mol. The number of likely N-dealkylation sites (N-methyl/N-ethyl adjacent to an activating group) is 1. The van der Waals surface area contributed by atoms with Crippen LogP contribution in [0.25, 0.3) is 0 Å². The fraction of sp³-hybridized carbons (Fsp3) is 0.429. The van der Waals surface area contributed by atoms with Gasteiger partial charge in [0.15, 0.2) is 0 Å². The topological polar surface area (TPSA) is 66.5 Å². The molecule has 1 fully saturated rings. The molecule has 6 nitrogen and oxygen atoms in total.